The van der Waals surface area contributed by atoms with Gasteiger partial charge in [0.15, 0.2) is 11.5 Å². The number of hydrogen-bond acceptors (Lipinski definition) is 4. The van der Waals surface area contributed by atoms with Gasteiger partial charge < -0.3 is 19.5 Å². The van der Waals surface area contributed by atoms with Crippen LogP contribution in [0.5, 0.6) is 11.5 Å². The first-order chi connectivity index (χ1) is 10.1. The van der Waals surface area contributed by atoms with E-state index in [0.29, 0.717) is 42.7 Å². The summed E-state index contributed by atoms with van der Waals surface area (Å²) >= 11 is 0. The van der Waals surface area contributed by atoms with Gasteiger partial charge in [-0.05, 0) is 37.0 Å². The Kier molecular flexibility index (Phi) is 3.68. The van der Waals surface area contributed by atoms with Crippen molar-refractivity contribution in [3.05, 3.63) is 23.8 Å². The zero-order valence-electron chi connectivity index (χ0n) is 11.6. The summed E-state index contributed by atoms with van der Waals surface area (Å²) in [5, 5.41) is 8.97. The molecule has 1 amide bonds. The number of fused-ring (bicyclic) bond motifs is 1. The quantitative estimate of drug-likeness (QED) is 0.887. The Balaban J connectivity index is 1.79. The summed E-state index contributed by atoms with van der Waals surface area (Å²) in [7, 11) is 0. The summed E-state index contributed by atoms with van der Waals surface area (Å²) < 4.78 is 10.9. The highest BCUT2D eigenvalue weighted by molar-refractivity contribution is 5.96. The lowest BCUT2D eigenvalue weighted by Crippen LogP contribution is -2.37. The molecule has 0 atom stereocenters. The van der Waals surface area contributed by atoms with Gasteiger partial charge in [0.25, 0.3) is 5.91 Å². The maximum Gasteiger partial charge on any atom is 0.323 e. The Morgan fingerprint density at radius 3 is 2.57 bits per heavy atom. The lowest BCUT2D eigenvalue weighted by Gasteiger charge is -2.22. The van der Waals surface area contributed by atoms with Gasteiger partial charge in [0.1, 0.15) is 19.8 Å². The van der Waals surface area contributed by atoms with Gasteiger partial charge in [-0.1, -0.05) is 0 Å². The van der Waals surface area contributed by atoms with Crippen molar-refractivity contribution >= 4 is 11.9 Å². The molecule has 1 fully saturated rings. The second kappa shape index (κ2) is 5.63. The number of carboxylic acids is 1. The van der Waals surface area contributed by atoms with E-state index in [1.54, 1.807) is 18.2 Å². The van der Waals surface area contributed by atoms with E-state index >= 15 is 0 Å². The van der Waals surface area contributed by atoms with Gasteiger partial charge in [-0.15, -0.1) is 0 Å². The largest absolute Gasteiger partial charge is 0.486 e. The lowest BCUT2D eigenvalue weighted by molar-refractivity contribution is -0.137. The average Bonchev–Trinajstić information content (AvgIpc) is 3.29. The van der Waals surface area contributed by atoms with Crippen LogP contribution in [0.4, 0.5) is 0 Å². The highest BCUT2D eigenvalue weighted by Crippen LogP contribution is 2.32. The molecular formula is C15H17NO5. The highest BCUT2D eigenvalue weighted by Gasteiger charge is 2.29. The minimum absolute atomic E-state index is 0.274. The van der Waals surface area contributed by atoms with E-state index in [2.05, 4.69) is 0 Å². The van der Waals surface area contributed by atoms with Crippen molar-refractivity contribution in [3.63, 3.8) is 0 Å². The van der Waals surface area contributed by atoms with Crippen LogP contribution in [0.25, 0.3) is 0 Å². The molecule has 0 unspecified atom stereocenters. The minimum Gasteiger partial charge on any atom is -0.486 e. The molecule has 0 radical (unpaired) electrons. The fraction of sp³-hybridized carbons (Fsp3) is 0.467. The van der Waals surface area contributed by atoms with Crippen LogP contribution in [0.2, 0.25) is 0 Å². The Morgan fingerprint density at radius 1 is 1.19 bits per heavy atom. The molecule has 0 aromatic heterocycles. The Bertz CT molecular complexity index is 567. The zero-order chi connectivity index (χ0) is 14.8. The summed E-state index contributed by atoms with van der Waals surface area (Å²) in [5.74, 6) is 0.312. The molecule has 1 aliphatic heterocycles. The Hall–Kier alpha value is -2.24. The van der Waals surface area contributed by atoms with Crippen molar-refractivity contribution in [2.75, 3.05) is 26.3 Å². The first kappa shape index (κ1) is 13.7. The Labute approximate surface area is 122 Å². The molecule has 6 heteroatoms. The molecule has 1 aliphatic carbocycles. The average molecular weight is 291 g/mol. The fourth-order valence-electron chi connectivity index (χ4n) is 2.35. The summed E-state index contributed by atoms with van der Waals surface area (Å²) in [6.45, 7) is 1.17. The molecule has 3 rings (SSSR count). The fourth-order valence-corrected chi connectivity index (χ4v) is 2.35. The number of aliphatic carboxylic acids is 1. The van der Waals surface area contributed by atoms with Crippen LogP contribution in [-0.2, 0) is 4.79 Å². The number of carboxylic acid groups (broad SMARTS) is 1. The van der Waals surface area contributed by atoms with Crippen molar-refractivity contribution in [1.82, 2.24) is 4.90 Å². The number of carbonyl (C=O) groups is 2. The number of amides is 1. The van der Waals surface area contributed by atoms with E-state index in [1.807, 2.05) is 0 Å². The lowest BCUT2D eigenvalue weighted by atomic mass is 10.1. The van der Waals surface area contributed by atoms with Gasteiger partial charge in [0, 0.05) is 12.1 Å². The maximum atomic E-state index is 12.5. The number of hydrogen-bond donors (Lipinski definition) is 1. The zero-order valence-corrected chi connectivity index (χ0v) is 11.6. The summed E-state index contributed by atoms with van der Waals surface area (Å²) in [4.78, 5) is 24.8. The van der Waals surface area contributed by atoms with E-state index in [1.165, 1.54) is 4.90 Å². The molecule has 0 spiro atoms. The van der Waals surface area contributed by atoms with Crippen molar-refractivity contribution in [1.29, 1.82) is 0 Å². The second-order valence-electron chi connectivity index (χ2n) is 5.38. The van der Waals surface area contributed by atoms with Gasteiger partial charge >= 0.3 is 5.97 Å². The normalized spacial score (nSPS) is 16.4. The van der Waals surface area contributed by atoms with Crippen molar-refractivity contribution in [2.45, 2.75) is 12.8 Å². The number of benzene rings is 1. The second-order valence-corrected chi connectivity index (χ2v) is 5.38. The SMILES string of the molecule is O=C(O)CN(CC1CC1)C(=O)c1ccc2c(c1)OCCO2. The van der Waals surface area contributed by atoms with Gasteiger partial charge in [-0.3, -0.25) is 9.59 Å². The molecular weight excluding hydrogens is 274 g/mol. The summed E-state index contributed by atoms with van der Waals surface area (Å²) in [5.41, 5.74) is 0.432. The van der Waals surface area contributed by atoms with Gasteiger partial charge in [-0.25, -0.2) is 0 Å². The summed E-state index contributed by atoms with van der Waals surface area (Å²) in [6.07, 6.45) is 2.12. The molecule has 6 nitrogen and oxygen atoms in total. The van der Waals surface area contributed by atoms with Crippen LogP contribution in [0.3, 0.4) is 0 Å². The topological polar surface area (TPSA) is 76.1 Å². The van der Waals surface area contributed by atoms with E-state index in [0.717, 1.165) is 12.8 Å². The van der Waals surface area contributed by atoms with Gasteiger partial charge in [0.2, 0.25) is 0 Å². The van der Waals surface area contributed by atoms with E-state index < -0.39 is 5.97 Å². The Morgan fingerprint density at radius 2 is 1.90 bits per heavy atom. The third-order valence-electron chi connectivity index (χ3n) is 3.58. The first-order valence-corrected chi connectivity index (χ1v) is 7.04. The van der Waals surface area contributed by atoms with E-state index in [4.69, 9.17) is 14.6 Å². The third kappa shape index (κ3) is 3.26. The predicted molar refractivity (Wildman–Crippen MR) is 73.7 cm³/mol. The maximum absolute atomic E-state index is 12.5. The number of ether oxygens (including phenoxy) is 2. The van der Waals surface area contributed by atoms with Crippen LogP contribution < -0.4 is 9.47 Å². The molecule has 1 heterocycles. The van der Waals surface area contributed by atoms with Crippen LogP contribution in [0.15, 0.2) is 18.2 Å². The third-order valence-corrected chi connectivity index (χ3v) is 3.58. The van der Waals surface area contributed by atoms with E-state index in [-0.39, 0.29) is 12.5 Å². The van der Waals surface area contributed by atoms with Crippen molar-refractivity contribution in [3.8, 4) is 11.5 Å². The van der Waals surface area contributed by atoms with Crippen LogP contribution >= 0.6 is 0 Å². The molecule has 0 bridgehead atoms. The molecule has 1 aromatic rings. The molecule has 2 aliphatic rings. The van der Waals surface area contributed by atoms with Crippen LogP contribution in [-0.4, -0.2) is 48.2 Å². The van der Waals surface area contributed by atoms with Crippen LogP contribution in [0, 0.1) is 5.92 Å². The molecule has 21 heavy (non-hydrogen) atoms. The van der Waals surface area contributed by atoms with Gasteiger partial charge in [-0.2, -0.15) is 0 Å². The van der Waals surface area contributed by atoms with Crippen LogP contribution in [0.1, 0.15) is 23.2 Å². The molecule has 112 valence electrons. The monoisotopic (exact) mass is 291 g/mol. The molecule has 1 N–H and O–H groups in total. The minimum atomic E-state index is -0.999. The number of nitrogens with zero attached hydrogens (tertiary/aromatic N) is 1. The highest BCUT2D eigenvalue weighted by atomic mass is 16.6. The predicted octanol–water partition coefficient (Wildman–Crippen LogP) is 1.39. The van der Waals surface area contributed by atoms with E-state index in [9.17, 15) is 9.59 Å². The number of carbonyl (C=O) groups excluding carboxylic acids is 1. The standard InChI is InChI=1S/C15H17NO5/c17-14(18)9-16(8-10-1-2-10)15(19)11-3-4-12-13(7-11)21-6-5-20-12/h3-4,7,10H,1-2,5-6,8-9H2,(H,17,18). The summed E-state index contributed by atoms with van der Waals surface area (Å²) in [6, 6.07) is 4.97. The van der Waals surface area contributed by atoms with Gasteiger partial charge in [0.05, 0.1) is 0 Å². The smallest absolute Gasteiger partial charge is 0.323 e. The molecule has 1 aromatic carbocycles. The van der Waals surface area contributed by atoms with Crippen molar-refractivity contribution in [2.24, 2.45) is 5.92 Å². The number of rotatable bonds is 5. The molecule has 0 saturated heterocycles. The first-order valence-electron chi connectivity index (χ1n) is 7.04. The van der Waals surface area contributed by atoms with Crippen molar-refractivity contribution < 1.29 is 24.2 Å². The molecule has 1 saturated carbocycles.